The van der Waals surface area contributed by atoms with Crippen LogP contribution in [0.1, 0.15) is 36.1 Å². The maximum Gasteiger partial charge on any atom is 0.0541 e. The molecule has 1 aliphatic carbocycles. The first-order chi connectivity index (χ1) is 30.0. The van der Waals surface area contributed by atoms with Gasteiger partial charge in [0, 0.05) is 38.3 Å². The van der Waals surface area contributed by atoms with Crippen molar-refractivity contribution in [2.75, 3.05) is 0 Å². The third-order valence-electron chi connectivity index (χ3n) is 13.1. The summed E-state index contributed by atoms with van der Waals surface area (Å²) in [6.07, 6.45) is 4.53. The molecule has 0 saturated heterocycles. The fourth-order valence-electron chi connectivity index (χ4n) is 10.0. The zero-order valence-corrected chi connectivity index (χ0v) is 34.2. The van der Waals surface area contributed by atoms with Crippen molar-refractivity contribution in [2.24, 2.45) is 0 Å². The Balaban J connectivity index is 0.865. The normalized spacial score (nSPS) is 13.1. The van der Waals surface area contributed by atoms with Gasteiger partial charge in [-0.1, -0.05) is 166 Å². The summed E-state index contributed by atoms with van der Waals surface area (Å²) < 4.78 is 4.77. The van der Waals surface area contributed by atoms with Crippen LogP contribution in [-0.4, -0.2) is 9.13 Å². The van der Waals surface area contributed by atoms with Crippen LogP contribution in [0.15, 0.2) is 206 Å². The van der Waals surface area contributed by atoms with Gasteiger partial charge < -0.3 is 9.13 Å². The SMILES string of the molecule is CC1(C)c2cc(/C=C/c3ccc4c(c3)c3ccccc3n4-c3ccccc3)ccc2-c2ccc(-c3ccc4c(c3)c3ccccc3n4-c3ccc(-c4ccccc4)cc3)cc21. The average Bonchev–Trinajstić information content (AvgIpc) is 3.91. The Bertz CT molecular complexity index is 3530. The first kappa shape index (κ1) is 35.3. The van der Waals surface area contributed by atoms with E-state index in [1.54, 1.807) is 0 Å². The van der Waals surface area contributed by atoms with Crippen molar-refractivity contribution in [1.82, 2.24) is 9.13 Å². The topological polar surface area (TPSA) is 9.86 Å². The highest BCUT2D eigenvalue weighted by molar-refractivity contribution is 6.11. The molecule has 0 unspecified atom stereocenters. The van der Waals surface area contributed by atoms with Crippen LogP contribution in [0.3, 0.4) is 0 Å². The lowest BCUT2D eigenvalue weighted by Crippen LogP contribution is -2.15. The lowest BCUT2D eigenvalue weighted by molar-refractivity contribution is 0.660. The standard InChI is InChI=1S/C59H42N2/c1-59(2)53-36-40(22-21-39-24-33-57-51(35-39)49-17-9-11-19-55(49)60(57)45-15-7-4-8-16-45)23-31-47(53)48-32-27-44(38-54(48)59)43-28-34-58-52(37-43)50-18-10-12-20-56(50)61(58)46-29-25-42(26-30-46)41-13-5-3-6-14-41/h3-38H,1-2H3/b22-21+. The van der Waals surface area contributed by atoms with Crippen molar-refractivity contribution < 1.29 is 0 Å². The predicted octanol–water partition coefficient (Wildman–Crippen LogP) is 15.7. The summed E-state index contributed by atoms with van der Waals surface area (Å²) in [6, 6.07) is 75.6. The van der Waals surface area contributed by atoms with E-state index in [-0.39, 0.29) is 5.41 Å². The summed E-state index contributed by atoms with van der Waals surface area (Å²) >= 11 is 0. The summed E-state index contributed by atoms with van der Waals surface area (Å²) in [5, 5.41) is 5.06. The predicted molar refractivity (Wildman–Crippen MR) is 259 cm³/mol. The zero-order valence-electron chi connectivity index (χ0n) is 34.2. The fourth-order valence-corrected chi connectivity index (χ4v) is 10.0. The van der Waals surface area contributed by atoms with Gasteiger partial charge in [-0.05, 0) is 122 Å². The Kier molecular flexibility index (Phi) is 7.92. The number of fused-ring (bicyclic) bond motifs is 9. The molecule has 9 aromatic carbocycles. The molecule has 11 aromatic rings. The lowest BCUT2D eigenvalue weighted by atomic mass is 9.81. The Morgan fingerprint density at radius 1 is 0.328 bits per heavy atom. The summed E-state index contributed by atoms with van der Waals surface area (Å²) in [5.74, 6) is 0. The molecule has 0 radical (unpaired) electrons. The van der Waals surface area contributed by atoms with Crippen LogP contribution >= 0.6 is 0 Å². The molecule has 0 aliphatic heterocycles. The molecule has 0 saturated carbocycles. The van der Waals surface area contributed by atoms with Crippen LogP contribution < -0.4 is 0 Å². The van der Waals surface area contributed by atoms with Gasteiger partial charge in [0.1, 0.15) is 0 Å². The second kappa shape index (κ2) is 13.7. The minimum Gasteiger partial charge on any atom is -0.309 e. The molecule has 2 aromatic heterocycles. The number of nitrogens with zero attached hydrogens (tertiary/aromatic N) is 2. The van der Waals surface area contributed by atoms with E-state index < -0.39 is 0 Å². The highest BCUT2D eigenvalue weighted by Crippen LogP contribution is 2.50. The Morgan fingerprint density at radius 3 is 1.46 bits per heavy atom. The zero-order chi connectivity index (χ0) is 40.7. The number of hydrogen-bond donors (Lipinski definition) is 0. The Morgan fingerprint density at radius 2 is 0.770 bits per heavy atom. The van der Waals surface area contributed by atoms with Crippen molar-refractivity contribution in [3.8, 4) is 44.8 Å². The van der Waals surface area contributed by atoms with Gasteiger partial charge in [-0.25, -0.2) is 0 Å². The van der Waals surface area contributed by atoms with Gasteiger partial charge in [0.2, 0.25) is 0 Å². The van der Waals surface area contributed by atoms with Crippen LogP contribution in [0, 0.1) is 0 Å². The molecule has 2 nitrogen and oxygen atoms in total. The molecule has 0 amide bonds. The maximum atomic E-state index is 2.44. The van der Waals surface area contributed by atoms with E-state index in [0.717, 1.165) is 5.69 Å². The third kappa shape index (κ3) is 5.64. The molecule has 0 spiro atoms. The number of hydrogen-bond acceptors (Lipinski definition) is 0. The van der Waals surface area contributed by atoms with E-state index in [2.05, 4.69) is 241 Å². The molecular formula is C59H42N2. The molecule has 288 valence electrons. The molecule has 2 heteroatoms. The maximum absolute atomic E-state index is 2.44. The van der Waals surface area contributed by atoms with Crippen molar-refractivity contribution in [2.45, 2.75) is 19.3 Å². The molecule has 12 rings (SSSR count). The first-order valence-electron chi connectivity index (χ1n) is 21.3. The summed E-state index contributed by atoms with van der Waals surface area (Å²) in [6.45, 7) is 4.76. The third-order valence-corrected chi connectivity index (χ3v) is 13.1. The molecule has 2 heterocycles. The molecule has 0 fully saturated rings. The first-order valence-corrected chi connectivity index (χ1v) is 21.3. The van der Waals surface area contributed by atoms with E-state index in [4.69, 9.17) is 0 Å². The van der Waals surface area contributed by atoms with Gasteiger partial charge in [0.25, 0.3) is 0 Å². The second-order valence-electron chi connectivity index (χ2n) is 17.0. The second-order valence-corrected chi connectivity index (χ2v) is 17.0. The highest BCUT2D eigenvalue weighted by Gasteiger charge is 2.35. The van der Waals surface area contributed by atoms with Gasteiger partial charge in [0.15, 0.2) is 0 Å². The average molecular weight is 779 g/mol. The lowest BCUT2D eigenvalue weighted by Gasteiger charge is -2.22. The number of rotatable bonds is 6. The van der Waals surface area contributed by atoms with Crippen molar-refractivity contribution >= 4 is 55.8 Å². The number of para-hydroxylation sites is 3. The highest BCUT2D eigenvalue weighted by atomic mass is 15.0. The largest absolute Gasteiger partial charge is 0.309 e. The monoisotopic (exact) mass is 778 g/mol. The summed E-state index contributed by atoms with van der Waals surface area (Å²) in [5.41, 5.74) is 19.8. The van der Waals surface area contributed by atoms with E-state index in [0.29, 0.717) is 0 Å². The van der Waals surface area contributed by atoms with Gasteiger partial charge in [-0.3, -0.25) is 0 Å². The van der Waals surface area contributed by atoms with Crippen molar-refractivity contribution in [3.05, 3.63) is 229 Å². The minimum atomic E-state index is -0.144. The van der Waals surface area contributed by atoms with Gasteiger partial charge in [-0.2, -0.15) is 0 Å². The van der Waals surface area contributed by atoms with Crippen LogP contribution in [0.4, 0.5) is 0 Å². The summed E-state index contributed by atoms with van der Waals surface area (Å²) in [7, 11) is 0. The molecular weight excluding hydrogens is 737 g/mol. The molecule has 1 aliphatic rings. The Labute approximate surface area is 355 Å². The molecule has 0 atom stereocenters. The number of aromatic nitrogens is 2. The smallest absolute Gasteiger partial charge is 0.0541 e. The van der Waals surface area contributed by atoms with Crippen LogP contribution in [0.5, 0.6) is 0 Å². The Hall–Kier alpha value is -7.68. The van der Waals surface area contributed by atoms with E-state index in [1.807, 2.05) is 0 Å². The minimum absolute atomic E-state index is 0.144. The number of benzene rings is 9. The van der Waals surface area contributed by atoms with Crippen LogP contribution in [0.2, 0.25) is 0 Å². The van der Waals surface area contributed by atoms with Crippen molar-refractivity contribution in [1.29, 1.82) is 0 Å². The van der Waals surface area contributed by atoms with Gasteiger partial charge >= 0.3 is 0 Å². The molecule has 0 N–H and O–H groups in total. The van der Waals surface area contributed by atoms with E-state index >= 15 is 0 Å². The fraction of sp³-hybridized carbons (Fsp3) is 0.0508. The molecule has 0 bridgehead atoms. The van der Waals surface area contributed by atoms with Crippen molar-refractivity contribution in [3.63, 3.8) is 0 Å². The van der Waals surface area contributed by atoms with Crippen LogP contribution in [-0.2, 0) is 5.41 Å². The molecule has 61 heavy (non-hydrogen) atoms. The quantitative estimate of drug-likeness (QED) is 0.149. The van der Waals surface area contributed by atoms with E-state index in [9.17, 15) is 0 Å². The van der Waals surface area contributed by atoms with Gasteiger partial charge in [0.05, 0.1) is 22.1 Å². The van der Waals surface area contributed by atoms with E-state index in [1.165, 1.54) is 105 Å². The summed E-state index contributed by atoms with van der Waals surface area (Å²) in [4.78, 5) is 0. The van der Waals surface area contributed by atoms with Gasteiger partial charge in [-0.15, -0.1) is 0 Å². The van der Waals surface area contributed by atoms with Crippen LogP contribution in [0.25, 0.3) is 101 Å².